The first-order valence-corrected chi connectivity index (χ1v) is 14.7. The number of carbonyl (C=O) groups excluding carboxylic acids is 2. The monoisotopic (exact) mass is 624 g/mol. The van der Waals surface area contributed by atoms with Crippen molar-refractivity contribution in [3.8, 4) is 17.1 Å². The van der Waals surface area contributed by atoms with Gasteiger partial charge in [-0.25, -0.2) is 23.9 Å². The third-order valence-corrected chi connectivity index (χ3v) is 7.16. The molecule has 0 bridgehead atoms. The molecule has 1 fully saturated rings. The highest BCUT2D eigenvalue weighted by Gasteiger charge is 2.36. The van der Waals surface area contributed by atoms with Gasteiger partial charge in [-0.15, -0.1) is 0 Å². The van der Waals surface area contributed by atoms with Crippen molar-refractivity contribution >= 4 is 40.6 Å². The molecule has 4 rings (SSSR count). The lowest BCUT2D eigenvalue weighted by Gasteiger charge is -2.45. The maximum atomic E-state index is 15.5. The fraction of sp³-hybridized carbons (Fsp3) is 0.469. The van der Waals surface area contributed by atoms with Crippen LogP contribution in [-0.4, -0.2) is 91.5 Å². The first-order chi connectivity index (χ1) is 21.3. The minimum Gasteiger partial charge on any atom is -0.464 e. The van der Waals surface area contributed by atoms with Crippen LogP contribution in [0.1, 0.15) is 57.6 Å². The van der Waals surface area contributed by atoms with Crippen LogP contribution in [0.5, 0.6) is 5.75 Å². The molecule has 1 aromatic heterocycles. The van der Waals surface area contributed by atoms with E-state index in [-0.39, 0.29) is 60.1 Å². The number of rotatable bonds is 8. The number of amides is 1. The van der Waals surface area contributed by atoms with Gasteiger partial charge in [0.2, 0.25) is 0 Å². The largest absolute Gasteiger partial charge is 0.464 e. The van der Waals surface area contributed by atoms with Crippen LogP contribution in [0.25, 0.3) is 22.3 Å². The van der Waals surface area contributed by atoms with E-state index in [9.17, 15) is 9.59 Å². The number of anilines is 2. The predicted octanol–water partition coefficient (Wildman–Crippen LogP) is 5.06. The Labute approximate surface area is 262 Å². The number of benzene rings is 2. The number of piperazine rings is 1. The van der Waals surface area contributed by atoms with E-state index in [0.29, 0.717) is 29.6 Å². The molecule has 2 atom stereocenters. The average molecular weight is 625 g/mol. The van der Waals surface area contributed by atoms with Gasteiger partial charge in [0.1, 0.15) is 5.60 Å². The molecule has 45 heavy (non-hydrogen) atoms. The second-order valence-electron chi connectivity index (χ2n) is 11.8. The summed E-state index contributed by atoms with van der Waals surface area (Å²) in [6, 6.07) is 6.75. The van der Waals surface area contributed by atoms with E-state index >= 15 is 4.39 Å². The molecule has 3 aromatic rings. The second kappa shape index (κ2) is 13.6. The van der Waals surface area contributed by atoms with Gasteiger partial charge in [0.05, 0.1) is 35.5 Å². The van der Waals surface area contributed by atoms with Crippen molar-refractivity contribution in [2.24, 2.45) is 4.99 Å². The maximum Gasteiger partial charge on any atom is 0.410 e. The number of nitrogens with two attached hydrogens (primary N) is 1. The molecular formula is C32H41FN6O6. The van der Waals surface area contributed by atoms with Crippen LogP contribution in [0.3, 0.4) is 0 Å². The van der Waals surface area contributed by atoms with Gasteiger partial charge in [0, 0.05) is 50.1 Å². The van der Waals surface area contributed by atoms with E-state index in [1.807, 2.05) is 46.8 Å². The van der Waals surface area contributed by atoms with E-state index < -0.39 is 17.4 Å². The van der Waals surface area contributed by atoms with E-state index in [1.54, 1.807) is 24.0 Å². The summed E-state index contributed by atoms with van der Waals surface area (Å²) in [5.41, 5.74) is 6.96. The quantitative estimate of drug-likeness (QED) is 0.156. The Morgan fingerprint density at radius 2 is 1.84 bits per heavy atom. The molecule has 13 heteroatoms. The van der Waals surface area contributed by atoms with Crippen LogP contribution < -0.4 is 15.4 Å². The number of halogens is 1. The third-order valence-electron chi connectivity index (χ3n) is 7.16. The topological polar surface area (TPSA) is 142 Å². The Hall–Kier alpha value is -4.52. The van der Waals surface area contributed by atoms with Gasteiger partial charge in [0.15, 0.2) is 29.9 Å². The number of fused-ring (bicyclic) bond motifs is 1. The molecule has 1 saturated heterocycles. The zero-order valence-corrected chi connectivity index (χ0v) is 27.0. The number of carbonyl (C=O) groups is 2. The molecule has 0 saturated carbocycles. The van der Waals surface area contributed by atoms with E-state index in [2.05, 4.69) is 14.9 Å². The summed E-state index contributed by atoms with van der Waals surface area (Å²) < 4.78 is 37.0. The Bertz CT molecular complexity index is 1600. The maximum absolute atomic E-state index is 15.5. The number of aliphatic imine (C=N–C) groups is 1. The molecule has 0 unspecified atom stereocenters. The van der Waals surface area contributed by atoms with E-state index in [0.717, 1.165) is 5.69 Å². The Balaban J connectivity index is 1.80. The van der Waals surface area contributed by atoms with Crippen LogP contribution in [0.15, 0.2) is 29.3 Å². The first-order valence-electron chi connectivity index (χ1n) is 14.7. The fourth-order valence-corrected chi connectivity index (χ4v) is 5.33. The zero-order valence-electron chi connectivity index (χ0n) is 27.0. The number of ether oxygens (including phenoxy) is 4. The standard InChI is InChI=1S/C32H41FN6O6/c1-9-43-30(40)27-22-13-21(38-15-18(2)39(19(3)16-38)31(41)45-32(4,5)6)10-11-24(22)36-29(37-27)23-12-20(14-35-7)26(34)25(33)28(23)44-17-42-8/h10-14,18-19H,9,15-17,34H2,1-8H3/t18-,19-/m0/s1. The minimum absolute atomic E-state index is 0.00724. The van der Waals surface area contributed by atoms with Crippen LogP contribution in [-0.2, 0) is 14.2 Å². The predicted molar refractivity (Wildman–Crippen MR) is 171 cm³/mol. The average Bonchev–Trinajstić information content (AvgIpc) is 2.97. The summed E-state index contributed by atoms with van der Waals surface area (Å²) >= 11 is 0. The van der Waals surface area contributed by atoms with Crippen LogP contribution >= 0.6 is 0 Å². The summed E-state index contributed by atoms with van der Waals surface area (Å²) in [5.74, 6) is -1.68. The number of methoxy groups -OCH3 is 1. The van der Waals surface area contributed by atoms with Gasteiger partial charge in [-0.05, 0) is 65.8 Å². The van der Waals surface area contributed by atoms with Crippen molar-refractivity contribution in [2.75, 3.05) is 51.3 Å². The highest BCUT2D eigenvalue weighted by molar-refractivity contribution is 6.03. The molecule has 0 aliphatic carbocycles. The third kappa shape index (κ3) is 7.25. The molecule has 0 spiro atoms. The van der Waals surface area contributed by atoms with Gasteiger partial charge >= 0.3 is 12.1 Å². The van der Waals surface area contributed by atoms with Gasteiger partial charge in [-0.3, -0.25) is 9.89 Å². The summed E-state index contributed by atoms with van der Waals surface area (Å²) in [6.45, 7) is 12.1. The molecule has 2 N–H and O–H groups in total. The van der Waals surface area contributed by atoms with Crippen molar-refractivity contribution in [3.63, 3.8) is 0 Å². The highest BCUT2D eigenvalue weighted by atomic mass is 19.1. The lowest BCUT2D eigenvalue weighted by Crippen LogP contribution is -2.59. The molecule has 242 valence electrons. The SMILES string of the molecule is CCOC(=O)c1nc(-c2cc(C=NC)c(N)c(F)c2OCOC)nc2ccc(N3C[C@H](C)N(C(=O)OC(C)(C)C)[C@@H](C)C3)cc12. The Morgan fingerprint density at radius 1 is 1.16 bits per heavy atom. The zero-order chi connectivity index (χ0) is 33.1. The van der Waals surface area contributed by atoms with Crippen LogP contribution in [0.4, 0.5) is 20.6 Å². The molecule has 0 radical (unpaired) electrons. The van der Waals surface area contributed by atoms with Crippen LogP contribution in [0.2, 0.25) is 0 Å². The Morgan fingerprint density at radius 3 is 2.44 bits per heavy atom. The van der Waals surface area contributed by atoms with Crippen molar-refractivity contribution in [1.29, 1.82) is 0 Å². The number of nitrogens with zero attached hydrogens (tertiary/aromatic N) is 5. The minimum atomic E-state index is -0.829. The number of esters is 1. The Kier molecular flexibility index (Phi) is 10.1. The van der Waals surface area contributed by atoms with Gasteiger partial charge in [-0.2, -0.15) is 0 Å². The number of hydrogen-bond donors (Lipinski definition) is 1. The molecule has 1 aliphatic heterocycles. The molecular weight excluding hydrogens is 583 g/mol. The summed E-state index contributed by atoms with van der Waals surface area (Å²) in [5, 5.41) is 0.454. The van der Waals surface area contributed by atoms with Crippen molar-refractivity contribution in [2.45, 2.75) is 59.2 Å². The normalized spacial score (nSPS) is 17.2. The number of aromatic nitrogens is 2. The molecule has 12 nitrogen and oxygen atoms in total. The van der Waals surface area contributed by atoms with Gasteiger partial charge in [-0.1, -0.05) is 0 Å². The summed E-state index contributed by atoms with van der Waals surface area (Å²) in [7, 11) is 2.94. The lowest BCUT2D eigenvalue weighted by atomic mass is 10.0. The summed E-state index contributed by atoms with van der Waals surface area (Å²) in [4.78, 5) is 43.3. The van der Waals surface area contributed by atoms with E-state index in [1.165, 1.54) is 20.4 Å². The van der Waals surface area contributed by atoms with Crippen molar-refractivity contribution in [3.05, 3.63) is 41.3 Å². The second-order valence-corrected chi connectivity index (χ2v) is 11.8. The van der Waals surface area contributed by atoms with Crippen molar-refractivity contribution in [1.82, 2.24) is 14.9 Å². The molecule has 2 heterocycles. The molecule has 2 aromatic carbocycles. The van der Waals surface area contributed by atoms with Gasteiger partial charge in [0.25, 0.3) is 0 Å². The molecule has 1 aliphatic rings. The smallest absolute Gasteiger partial charge is 0.410 e. The van der Waals surface area contributed by atoms with Crippen LogP contribution in [0, 0.1) is 5.82 Å². The molecule has 1 amide bonds. The first kappa shape index (κ1) is 33.4. The number of nitrogen functional groups attached to an aromatic ring is 1. The number of hydrogen-bond acceptors (Lipinski definition) is 11. The van der Waals surface area contributed by atoms with Gasteiger partial charge < -0.3 is 29.6 Å². The lowest BCUT2D eigenvalue weighted by molar-refractivity contribution is 0.00563. The van der Waals surface area contributed by atoms with Crippen molar-refractivity contribution < 1.29 is 32.9 Å². The van der Waals surface area contributed by atoms with E-state index in [4.69, 9.17) is 29.7 Å². The summed E-state index contributed by atoms with van der Waals surface area (Å²) in [6.07, 6.45) is 1.05. The highest BCUT2D eigenvalue weighted by Crippen LogP contribution is 2.37. The fourth-order valence-electron chi connectivity index (χ4n) is 5.33.